The molecule has 0 saturated heterocycles. The molecule has 6 nitrogen and oxygen atoms in total. The molecule has 0 aliphatic heterocycles. The summed E-state index contributed by atoms with van der Waals surface area (Å²) in [6, 6.07) is 21.1. The zero-order valence-electron chi connectivity index (χ0n) is 17.5. The van der Waals surface area contributed by atoms with Gasteiger partial charge in [0.15, 0.2) is 0 Å². The summed E-state index contributed by atoms with van der Waals surface area (Å²) in [5.74, 6) is 1.25. The number of nitrogens with zero attached hydrogens (tertiary/aromatic N) is 2. The van der Waals surface area contributed by atoms with Crippen LogP contribution < -0.4 is 14.8 Å². The molecule has 31 heavy (non-hydrogen) atoms. The van der Waals surface area contributed by atoms with E-state index in [0.717, 1.165) is 22.5 Å². The predicted octanol–water partition coefficient (Wildman–Crippen LogP) is 5.98. The van der Waals surface area contributed by atoms with Crippen molar-refractivity contribution >= 4 is 22.8 Å². The standard InChI is InChI=1S/C24H23N3O3S/c1-24(2,28)17-10-7-11-18(14-17)26-20-15-19(12-13-25-20)30-22-21(27-23(29-3)31-22)16-8-5-4-6-9-16/h4-15,28H,1-3H3,(H,25,26). The number of aromatic nitrogens is 2. The average Bonchev–Trinajstić information content (AvgIpc) is 3.17. The topological polar surface area (TPSA) is 76.5 Å². The molecule has 2 aromatic heterocycles. The summed E-state index contributed by atoms with van der Waals surface area (Å²) in [6.07, 6.45) is 1.68. The highest BCUT2D eigenvalue weighted by Crippen LogP contribution is 2.41. The first kappa shape index (κ1) is 20.8. The Morgan fingerprint density at radius 3 is 2.55 bits per heavy atom. The first-order chi connectivity index (χ1) is 14.9. The Morgan fingerprint density at radius 2 is 1.81 bits per heavy atom. The van der Waals surface area contributed by atoms with Gasteiger partial charge < -0.3 is 19.9 Å². The Hall–Kier alpha value is -3.42. The number of rotatable bonds is 7. The SMILES string of the molecule is COc1nc(-c2ccccc2)c(Oc2ccnc(Nc3cccc(C(C)(C)O)c3)c2)s1. The van der Waals surface area contributed by atoms with Crippen molar-refractivity contribution in [3.63, 3.8) is 0 Å². The Kier molecular flexibility index (Phi) is 5.88. The summed E-state index contributed by atoms with van der Waals surface area (Å²) in [4.78, 5) is 8.91. The molecule has 0 aliphatic rings. The third-order valence-corrected chi connectivity index (χ3v) is 5.48. The number of methoxy groups -OCH3 is 1. The minimum atomic E-state index is -0.921. The molecule has 0 atom stereocenters. The molecule has 2 heterocycles. The monoisotopic (exact) mass is 433 g/mol. The Balaban J connectivity index is 1.58. The molecule has 0 radical (unpaired) electrons. The summed E-state index contributed by atoms with van der Waals surface area (Å²) in [7, 11) is 1.59. The molecule has 0 amide bonds. The number of hydrogen-bond donors (Lipinski definition) is 2. The van der Waals surface area contributed by atoms with Crippen molar-refractivity contribution in [2.45, 2.75) is 19.4 Å². The van der Waals surface area contributed by atoms with Crippen LogP contribution in [0.2, 0.25) is 0 Å². The van der Waals surface area contributed by atoms with Crippen LogP contribution in [0.25, 0.3) is 11.3 Å². The summed E-state index contributed by atoms with van der Waals surface area (Å²) < 4.78 is 11.5. The van der Waals surface area contributed by atoms with Gasteiger partial charge in [-0.3, -0.25) is 0 Å². The van der Waals surface area contributed by atoms with E-state index in [9.17, 15) is 5.11 Å². The van der Waals surface area contributed by atoms with Crippen LogP contribution in [0.15, 0.2) is 72.9 Å². The lowest BCUT2D eigenvalue weighted by molar-refractivity contribution is 0.0786. The third kappa shape index (κ3) is 5.02. The van der Waals surface area contributed by atoms with Crippen molar-refractivity contribution in [2.75, 3.05) is 12.4 Å². The molecule has 0 saturated carbocycles. The van der Waals surface area contributed by atoms with Gasteiger partial charge in [-0.05, 0) is 48.9 Å². The smallest absolute Gasteiger partial charge is 0.277 e. The van der Waals surface area contributed by atoms with Crippen LogP contribution in [-0.2, 0) is 5.60 Å². The summed E-state index contributed by atoms with van der Waals surface area (Å²) >= 11 is 1.34. The van der Waals surface area contributed by atoms with Crippen LogP contribution in [0.5, 0.6) is 16.0 Å². The maximum atomic E-state index is 10.3. The second kappa shape index (κ2) is 8.75. The van der Waals surface area contributed by atoms with Crippen molar-refractivity contribution in [1.82, 2.24) is 9.97 Å². The number of thiazole rings is 1. The Labute approximate surface area is 185 Å². The van der Waals surface area contributed by atoms with Gasteiger partial charge in [0, 0.05) is 23.5 Å². The number of aliphatic hydroxyl groups is 1. The van der Waals surface area contributed by atoms with E-state index in [1.54, 1.807) is 33.2 Å². The van der Waals surface area contributed by atoms with E-state index >= 15 is 0 Å². The van der Waals surface area contributed by atoms with Gasteiger partial charge in [-0.25, -0.2) is 4.98 Å². The van der Waals surface area contributed by atoms with Gasteiger partial charge in [-0.1, -0.05) is 42.5 Å². The van der Waals surface area contributed by atoms with E-state index in [0.29, 0.717) is 21.8 Å². The lowest BCUT2D eigenvalue weighted by Gasteiger charge is -2.18. The molecular weight excluding hydrogens is 410 g/mol. The molecule has 0 bridgehead atoms. The van der Waals surface area contributed by atoms with Crippen LogP contribution in [0, 0.1) is 0 Å². The van der Waals surface area contributed by atoms with Gasteiger partial charge in [0.05, 0.1) is 12.7 Å². The number of benzene rings is 2. The Bertz CT molecular complexity index is 1170. The van der Waals surface area contributed by atoms with Crippen molar-refractivity contribution in [3.8, 4) is 27.3 Å². The highest BCUT2D eigenvalue weighted by molar-refractivity contribution is 7.15. The quantitative estimate of drug-likeness (QED) is 0.374. The summed E-state index contributed by atoms with van der Waals surface area (Å²) in [5.41, 5.74) is 2.40. The van der Waals surface area contributed by atoms with E-state index in [2.05, 4.69) is 15.3 Å². The highest BCUT2D eigenvalue weighted by Gasteiger charge is 2.17. The molecule has 0 unspecified atom stereocenters. The lowest BCUT2D eigenvalue weighted by Crippen LogP contribution is -2.15. The summed E-state index contributed by atoms with van der Waals surface area (Å²) in [6.45, 7) is 3.51. The fraction of sp³-hybridized carbons (Fsp3) is 0.167. The van der Waals surface area contributed by atoms with Gasteiger partial charge in [0.1, 0.15) is 17.3 Å². The fourth-order valence-corrected chi connectivity index (χ4v) is 3.77. The number of anilines is 2. The third-order valence-electron chi connectivity index (χ3n) is 4.58. The zero-order chi connectivity index (χ0) is 21.8. The van der Waals surface area contributed by atoms with Gasteiger partial charge in [0.2, 0.25) is 5.06 Å². The molecule has 7 heteroatoms. The van der Waals surface area contributed by atoms with Crippen LogP contribution in [0.4, 0.5) is 11.5 Å². The van der Waals surface area contributed by atoms with Crippen LogP contribution in [-0.4, -0.2) is 22.2 Å². The lowest BCUT2D eigenvalue weighted by atomic mass is 9.98. The maximum absolute atomic E-state index is 10.3. The molecule has 158 valence electrons. The van der Waals surface area contributed by atoms with E-state index in [4.69, 9.17) is 9.47 Å². The van der Waals surface area contributed by atoms with Crippen LogP contribution in [0.1, 0.15) is 19.4 Å². The first-order valence-corrected chi connectivity index (χ1v) is 10.6. The summed E-state index contributed by atoms with van der Waals surface area (Å²) in [5, 5.41) is 14.7. The van der Waals surface area contributed by atoms with E-state index in [1.807, 2.05) is 60.7 Å². The first-order valence-electron chi connectivity index (χ1n) is 9.76. The van der Waals surface area contributed by atoms with Crippen LogP contribution in [0.3, 0.4) is 0 Å². The van der Waals surface area contributed by atoms with Gasteiger partial charge in [0.25, 0.3) is 5.19 Å². The maximum Gasteiger partial charge on any atom is 0.277 e. The highest BCUT2D eigenvalue weighted by atomic mass is 32.1. The number of nitrogens with one attached hydrogen (secondary N) is 1. The Morgan fingerprint density at radius 1 is 1.00 bits per heavy atom. The van der Waals surface area contributed by atoms with Crippen molar-refractivity contribution in [2.24, 2.45) is 0 Å². The molecule has 0 aliphatic carbocycles. The molecule has 4 aromatic rings. The molecule has 0 spiro atoms. The molecule has 4 rings (SSSR count). The van der Waals surface area contributed by atoms with E-state index < -0.39 is 5.60 Å². The fourth-order valence-electron chi connectivity index (χ4n) is 3.00. The van der Waals surface area contributed by atoms with E-state index in [-0.39, 0.29) is 0 Å². The minimum absolute atomic E-state index is 0.532. The van der Waals surface area contributed by atoms with E-state index in [1.165, 1.54) is 11.3 Å². The normalized spacial score (nSPS) is 11.2. The van der Waals surface area contributed by atoms with Crippen molar-refractivity contribution < 1.29 is 14.6 Å². The number of ether oxygens (including phenoxy) is 2. The molecule has 2 aromatic carbocycles. The minimum Gasteiger partial charge on any atom is -0.473 e. The second-order valence-corrected chi connectivity index (χ2v) is 8.35. The predicted molar refractivity (Wildman–Crippen MR) is 123 cm³/mol. The number of hydrogen-bond acceptors (Lipinski definition) is 7. The molecule has 0 fully saturated rings. The number of pyridine rings is 1. The van der Waals surface area contributed by atoms with Gasteiger partial charge in [-0.15, -0.1) is 0 Å². The second-order valence-electron chi connectivity index (χ2n) is 7.43. The molecular formula is C24H23N3O3S. The van der Waals surface area contributed by atoms with Crippen molar-refractivity contribution in [1.29, 1.82) is 0 Å². The van der Waals surface area contributed by atoms with Gasteiger partial charge in [-0.2, -0.15) is 4.98 Å². The zero-order valence-corrected chi connectivity index (χ0v) is 18.3. The molecule has 2 N–H and O–H groups in total. The van der Waals surface area contributed by atoms with Crippen molar-refractivity contribution in [3.05, 3.63) is 78.5 Å². The average molecular weight is 434 g/mol. The van der Waals surface area contributed by atoms with Crippen LogP contribution >= 0.6 is 11.3 Å². The van der Waals surface area contributed by atoms with Gasteiger partial charge >= 0.3 is 0 Å². The largest absolute Gasteiger partial charge is 0.473 e.